The van der Waals surface area contributed by atoms with Gasteiger partial charge in [0.1, 0.15) is 0 Å². The van der Waals surface area contributed by atoms with Crippen molar-refractivity contribution in [3.8, 4) is 6.07 Å². The molecule has 6 heteroatoms. The minimum atomic E-state index is -0.218. The average Bonchev–Trinajstić information content (AvgIpc) is 2.95. The lowest BCUT2D eigenvalue weighted by Crippen LogP contribution is -2.32. The van der Waals surface area contributed by atoms with Crippen LogP contribution in [0.25, 0.3) is 0 Å². The van der Waals surface area contributed by atoms with Gasteiger partial charge in [0, 0.05) is 12.2 Å². The summed E-state index contributed by atoms with van der Waals surface area (Å²) in [6.07, 6.45) is 0.719. The molecular formula is C15H17N3O3. The number of nitrogens with one attached hydrogen (secondary N) is 1. The maximum absolute atomic E-state index is 11.9. The van der Waals surface area contributed by atoms with Gasteiger partial charge in [-0.2, -0.15) is 5.26 Å². The summed E-state index contributed by atoms with van der Waals surface area (Å²) in [5, 5.41) is 11.5. The molecule has 1 heterocycles. The van der Waals surface area contributed by atoms with E-state index >= 15 is 0 Å². The number of carbonyl (C=O) groups excluding carboxylic acids is 2. The number of likely N-dealkylation sites (tertiary alicyclic amines) is 1. The van der Waals surface area contributed by atoms with E-state index in [9.17, 15) is 9.59 Å². The number of benzene rings is 1. The van der Waals surface area contributed by atoms with Crippen molar-refractivity contribution in [2.75, 3.05) is 32.1 Å². The van der Waals surface area contributed by atoms with Gasteiger partial charge in [0.05, 0.1) is 31.2 Å². The van der Waals surface area contributed by atoms with E-state index < -0.39 is 0 Å². The van der Waals surface area contributed by atoms with E-state index in [2.05, 4.69) is 5.32 Å². The van der Waals surface area contributed by atoms with Crippen LogP contribution < -0.4 is 5.32 Å². The van der Waals surface area contributed by atoms with Crippen LogP contribution in [0.1, 0.15) is 12.0 Å². The second-order valence-electron chi connectivity index (χ2n) is 4.98. The fraction of sp³-hybridized carbons (Fsp3) is 0.400. The van der Waals surface area contributed by atoms with E-state index in [4.69, 9.17) is 10.00 Å². The van der Waals surface area contributed by atoms with Gasteiger partial charge in [-0.3, -0.25) is 14.5 Å². The molecular weight excluding hydrogens is 270 g/mol. The number of nitriles is 1. The summed E-state index contributed by atoms with van der Waals surface area (Å²) >= 11 is 0. The minimum absolute atomic E-state index is 0.134. The molecule has 0 bridgehead atoms. The third-order valence-corrected chi connectivity index (χ3v) is 3.47. The number of anilines is 1. The molecule has 0 aliphatic carbocycles. The highest BCUT2D eigenvalue weighted by Gasteiger charge is 2.29. The molecule has 1 fully saturated rings. The maximum Gasteiger partial charge on any atom is 0.310 e. The zero-order chi connectivity index (χ0) is 15.2. The summed E-state index contributed by atoms with van der Waals surface area (Å²) in [5.41, 5.74) is 1.20. The Labute approximate surface area is 123 Å². The molecule has 1 saturated heterocycles. The predicted octanol–water partition coefficient (Wildman–Crippen LogP) is 0.992. The number of amides is 1. The number of ether oxygens (including phenoxy) is 1. The van der Waals surface area contributed by atoms with Gasteiger partial charge < -0.3 is 10.1 Å². The van der Waals surface area contributed by atoms with Crippen LogP contribution in [-0.4, -0.2) is 43.5 Å². The van der Waals surface area contributed by atoms with Gasteiger partial charge in [-0.05, 0) is 37.2 Å². The molecule has 1 aliphatic heterocycles. The van der Waals surface area contributed by atoms with Gasteiger partial charge in [0.25, 0.3) is 0 Å². The molecule has 6 nitrogen and oxygen atoms in total. The Morgan fingerprint density at radius 2 is 2.14 bits per heavy atom. The van der Waals surface area contributed by atoms with Crippen LogP contribution >= 0.6 is 0 Å². The minimum Gasteiger partial charge on any atom is -0.469 e. The molecule has 1 unspecified atom stereocenters. The molecule has 1 atom stereocenters. The van der Waals surface area contributed by atoms with Crippen molar-refractivity contribution in [3.63, 3.8) is 0 Å². The number of esters is 1. The lowest BCUT2D eigenvalue weighted by Gasteiger charge is -2.15. The summed E-state index contributed by atoms with van der Waals surface area (Å²) < 4.78 is 4.71. The zero-order valence-corrected chi connectivity index (χ0v) is 11.8. The molecule has 0 aromatic heterocycles. The highest BCUT2D eigenvalue weighted by molar-refractivity contribution is 5.92. The topological polar surface area (TPSA) is 82.4 Å². The lowest BCUT2D eigenvalue weighted by atomic mass is 10.1. The molecule has 1 aromatic rings. The van der Waals surface area contributed by atoms with Crippen LogP contribution in [0.2, 0.25) is 0 Å². The quantitative estimate of drug-likeness (QED) is 0.835. The Morgan fingerprint density at radius 3 is 2.76 bits per heavy atom. The number of methoxy groups -OCH3 is 1. The van der Waals surface area contributed by atoms with E-state index in [1.54, 1.807) is 24.3 Å². The van der Waals surface area contributed by atoms with E-state index in [1.165, 1.54) is 7.11 Å². The van der Waals surface area contributed by atoms with E-state index in [0.717, 1.165) is 6.42 Å². The van der Waals surface area contributed by atoms with Crippen molar-refractivity contribution in [1.29, 1.82) is 5.26 Å². The first kappa shape index (κ1) is 15.0. The summed E-state index contributed by atoms with van der Waals surface area (Å²) in [6.45, 7) is 1.50. The Bertz CT molecular complexity index is 563. The summed E-state index contributed by atoms with van der Waals surface area (Å²) in [6, 6.07) is 8.71. The van der Waals surface area contributed by atoms with Gasteiger partial charge >= 0.3 is 5.97 Å². The molecule has 0 spiro atoms. The molecule has 1 amide bonds. The van der Waals surface area contributed by atoms with Crippen molar-refractivity contribution in [2.45, 2.75) is 6.42 Å². The van der Waals surface area contributed by atoms with Crippen LogP contribution in [0.3, 0.4) is 0 Å². The van der Waals surface area contributed by atoms with Gasteiger partial charge in [-0.15, -0.1) is 0 Å². The van der Waals surface area contributed by atoms with Crippen molar-refractivity contribution >= 4 is 17.6 Å². The third kappa shape index (κ3) is 4.04. The van der Waals surface area contributed by atoms with Gasteiger partial charge in [0.15, 0.2) is 0 Å². The highest BCUT2D eigenvalue weighted by Crippen LogP contribution is 2.17. The first-order valence-electron chi connectivity index (χ1n) is 6.72. The number of hydrogen-bond acceptors (Lipinski definition) is 5. The smallest absolute Gasteiger partial charge is 0.310 e. The van der Waals surface area contributed by atoms with Crippen molar-refractivity contribution < 1.29 is 14.3 Å². The fourth-order valence-electron chi connectivity index (χ4n) is 2.37. The molecule has 21 heavy (non-hydrogen) atoms. The Morgan fingerprint density at radius 1 is 1.43 bits per heavy atom. The number of rotatable bonds is 4. The SMILES string of the molecule is COC(=O)C1CCN(CC(=O)Nc2ccc(C#N)cc2)C1. The normalized spacial score (nSPS) is 18.0. The molecule has 1 aliphatic rings. The van der Waals surface area contributed by atoms with Gasteiger partial charge in [0.2, 0.25) is 5.91 Å². The predicted molar refractivity (Wildman–Crippen MR) is 76.3 cm³/mol. The molecule has 1 N–H and O–H groups in total. The lowest BCUT2D eigenvalue weighted by molar-refractivity contribution is -0.145. The first-order chi connectivity index (χ1) is 10.1. The summed E-state index contributed by atoms with van der Waals surface area (Å²) in [4.78, 5) is 25.3. The standard InChI is InChI=1S/C15H17N3O3/c1-21-15(20)12-6-7-18(9-12)10-14(19)17-13-4-2-11(8-16)3-5-13/h2-5,12H,6-7,9-10H2,1H3,(H,17,19). The molecule has 1 aromatic carbocycles. The monoisotopic (exact) mass is 287 g/mol. The fourth-order valence-corrected chi connectivity index (χ4v) is 2.37. The second-order valence-corrected chi connectivity index (χ2v) is 4.98. The third-order valence-electron chi connectivity index (χ3n) is 3.47. The number of carbonyl (C=O) groups is 2. The summed E-state index contributed by atoms with van der Waals surface area (Å²) in [7, 11) is 1.38. The van der Waals surface area contributed by atoms with Crippen LogP contribution in [0.5, 0.6) is 0 Å². The molecule has 110 valence electrons. The van der Waals surface area contributed by atoms with Crippen LogP contribution in [-0.2, 0) is 14.3 Å². The largest absolute Gasteiger partial charge is 0.469 e. The second kappa shape index (κ2) is 6.86. The molecule has 2 rings (SSSR count). The summed E-state index contributed by atoms with van der Waals surface area (Å²) in [5.74, 6) is -0.493. The maximum atomic E-state index is 11.9. The zero-order valence-electron chi connectivity index (χ0n) is 11.8. The van der Waals surface area contributed by atoms with Gasteiger partial charge in [-0.25, -0.2) is 0 Å². The van der Waals surface area contributed by atoms with E-state index in [0.29, 0.717) is 24.3 Å². The van der Waals surface area contributed by atoms with Crippen LogP contribution in [0.15, 0.2) is 24.3 Å². The van der Waals surface area contributed by atoms with E-state index in [1.807, 2.05) is 11.0 Å². The van der Waals surface area contributed by atoms with Crippen molar-refractivity contribution in [2.24, 2.45) is 5.92 Å². The number of nitrogens with zero attached hydrogens (tertiary/aromatic N) is 2. The first-order valence-corrected chi connectivity index (χ1v) is 6.72. The Hall–Kier alpha value is -2.39. The average molecular weight is 287 g/mol. The van der Waals surface area contributed by atoms with Gasteiger partial charge in [-0.1, -0.05) is 0 Å². The van der Waals surface area contributed by atoms with Crippen LogP contribution in [0, 0.1) is 17.2 Å². The van der Waals surface area contributed by atoms with Crippen LogP contribution in [0.4, 0.5) is 5.69 Å². The molecule has 0 saturated carbocycles. The Kier molecular flexibility index (Phi) is 4.90. The van der Waals surface area contributed by atoms with Crippen molar-refractivity contribution in [3.05, 3.63) is 29.8 Å². The number of hydrogen-bond donors (Lipinski definition) is 1. The Balaban J connectivity index is 1.82. The highest BCUT2D eigenvalue weighted by atomic mass is 16.5. The van der Waals surface area contributed by atoms with Crippen molar-refractivity contribution in [1.82, 2.24) is 4.90 Å². The van der Waals surface area contributed by atoms with E-state index in [-0.39, 0.29) is 24.3 Å². The molecule has 0 radical (unpaired) electrons.